The lowest BCUT2D eigenvalue weighted by Gasteiger charge is -2.31. The van der Waals surface area contributed by atoms with Gasteiger partial charge in [-0.1, -0.05) is 25.1 Å². The molecule has 5 nitrogen and oxygen atoms in total. The maximum atomic E-state index is 13.2. The summed E-state index contributed by atoms with van der Waals surface area (Å²) < 4.78 is 1.99. The zero-order chi connectivity index (χ0) is 17.9. The van der Waals surface area contributed by atoms with Crippen molar-refractivity contribution in [2.75, 3.05) is 26.2 Å². The molecule has 1 saturated heterocycles. The van der Waals surface area contributed by atoms with Crippen LogP contribution in [0.1, 0.15) is 47.9 Å². The van der Waals surface area contributed by atoms with E-state index in [1.807, 2.05) is 27.8 Å². The molecule has 0 radical (unpaired) electrons. The number of likely N-dealkylation sites (tertiary alicyclic amines) is 1. The zero-order valence-electron chi connectivity index (χ0n) is 15.6. The minimum absolute atomic E-state index is 0.125. The molecule has 138 valence electrons. The highest BCUT2D eigenvalue weighted by Crippen LogP contribution is 2.29. The Morgan fingerprint density at radius 2 is 1.96 bits per heavy atom. The molecule has 4 rings (SSSR count). The fourth-order valence-corrected chi connectivity index (χ4v) is 4.23. The molecule has 5 heteroatoms. The second kappa shape index (κ2) is 7.62. The third-order valence-corrected chi connectivity index (χ3v) is 5.72. The molecule has 1 aliphatic carbocycles. The molecular formula is C21H28N4O. The van der Waals surface area contributed by atoms with Crippen LogP contribution in [0.4, 0.5) is 0 Å². The Kier molecular flexibility index (Phi) is 5.07. The monoisotopic (exact) mass is 352 g/mol. The average molecular weight is 352 g/mol. The van der Waals surface area contributed by atoms with Crippen molar-refractivity contribution in [3.05, 3.63) is 47.3 Å². The van der Waals surface area contributed by atoms with E-state index in [1.165, 1.54) is 11.3 Å². The number of aromatic nitrogens is 2. The summed E-state index contributed by atoms with van der Waals surface area (Å²) in [6.45, 7) is 5.92. The Hall–Kier alpha value is -2.14. The number of carbonyl (C=O) groups excluding carboxylic acids is 1. The van der Waals surface area contributed by atoms with Crippen molar-refractivity contribution < 1.29 is 4.79 Å². The zero-order valence-corrected chi connectivity index (χ0v) is 15.6. The number of carbonyl (C=O) groups is 1. The van der Waals surface area contributed by atoms with Gasteiger partial charge in [0.1, 0.15) is 0 Å². The first kappa shape index (κ1) is 17.3. The van der Waals surface area contributed by atoms with E-state index in [0.717, 1.165) is 64.0 Å². The van der Waals surface area contributed by atoms with Crippen LogP contribution in [0.5, 0.6) is 0 Å². The van der Waals surface area contributed by atoms with Gasteiger partial charge in [-0.25, -0.2) is 4.68 Å². The van der Waals surface area contributed by atoms with Crippen molar-refractivity contribution in [3.8, 4) is 5.69 Å². The summed E-state index contributed by atoms with van der Waals surface area (Å²) in [4.78, 5) is 15.2. The topological polar surface area (TPSA) is 50.2 Å². The third-order valence-electron chi connectivity index (χ3n) is 5.72. The molecule has 0 spiro atoms. The lowest BCUT2D eigenvalue weighted by molar-refractivity contribution is 0.0683. The largest absolute Gasteiger partial charge is 0.337 e. The van der Waals surface area contributed by atoms with Crippen LogP contribution in [-0.2, 0) is 12.8 Å². The van der Waals surface area contributed by atoms with Crippen LogP contribution in [0.25, 0.3) is 5.69 Å². The predicted molar refractivity (Wildman–Crippen MR) is 103 cm³/mol. The van der Waals surface area contributed by atoms with Crippen molar-refractivity contribution in [1.82, 2.24) is 20.0 Å². The van der Waals surface area contributed by atoms with Gasteiger partial charge in [0.05, 0.1) is 5.69 Å². The van der Waals surface area contributed by atoms with E-state index in [2.05, 4.69) is 24.4 Å². The number of nitrogens with zero attached hydrogens (tertiary/aromatic N) is 3. The molecule has 2 aliphatic rings. The minimum atomic E-state index is 0.125. The molecule has 1 amide bonds. The van der Waals surface area contributed by atoms with Gasteiger partial charge in [-0.3, -0.25) is 4.79 Å². The molecule has 0 atom stereocenters. The van der Waals surface area contributed by atoms with Crippen molar-refractivity contribution >= 4 is 5.91 Å². The summed E-state index contributed by atoms with van der Waals surface area (Å²) in [6.07, 6.45) is 5.26. The SMILES string of the molecule is CCNCC1CCN(C(=O)c2nn(-c3ccccc3)c3c2CCC3)CC1. The molecule has 0 unspecified atom stereocenters. The van der Waals surface area contributed by atoms with Gasteiger partial charge in [0.15, 0.2) is 5.69 Å². The molecule has 2 aromatic rings. The second-order valence-electron chi connectivity index (χ2n) is 7.42. The summed E-state index contributed by atoms with van der Waals surface area (Å²) in [5.41, 5.74) is 4.13. The van der Waals surface area contributed by atoms with E-state index >= 15 is 0 Å². The smallest absolute Gasteiger partial charge is 0.274 e. The van der Waals surface area contributed by atoms with Gasteiger partial charge in [-0.2, -0.15) is 5.10 Å². The molecule has 1 aromatic heterocycles. The number of rotatable bonds is 5. The molecule has 0 saturated carbocycles. The highest BCUT2D eigenvalue weighted by atomic mass is 16.2. The molecular weight excluding hydrogens is 324 g/mol. The third kappa shape index (κ3) is 3.28. The second-order valence-corrected chi connectivity index (χ2v) is 7.42. The minimum Gasteiger partial charge on any atom is -0.337 e. The highest BCUT2D eigenvalue weighted by molar-refractivity contribution is 5.94. The van der Waals surface area contributed by atoms with Gasteiger partial charge in [0.2, 0.25) is 0 Å². The Labute approximate surface area is 155 Å². The number of hydrogen-bond donors (Lipinski definition) is 1. The lowest BCUT2D eigenvalue weighted by Crippen LogP contribution is -2.41. The fourth-order valence-electron chi connectivity index (χ4n) is 4.23. The van der Waals surface area contributed by atoms with Crippen LogP contribution < -0.4 is 5.32 Å². The molecule has 1 aromatic carbocycles. The number of piperidine rings is 1. The Bertz CT molecular complexity index is 760. The molecule has 0 bridgehead atoms. The van der Waals surface area contributed by atoms with Crippen LogP contribution in [0.15, 0.2) is 30.3 Å². The van der Waals surface area contributed by atoms with Crippen LogP contribution in [-0.4, -0.2) is 46.8 Å². The first-order valence-electron chi connectivity index (χ1n) is 9.94. The number of para-hydroxylation sites is 1. The maximum absolute atomic E-state index is 13.2. The number of amides is 1. The van der Waals surface area contributed by atoms with Gasteiger partial charge >= 0.3 is 0 Å². The van der Waals surface area contributed by atoms with E-state index in [4.69, 9.17) is 5.10 Å². The molecule has 26 heavy (non-hydrogen) atoms. The van der Waals surface area contributed by atoms with Gasteiger partial charge in [-0.05, 0) is 63.2 Å². The molecule has 1 aliphatic heterocycles. The summed E-state index contributed by atoms with van der Waals surface area (Å²) >= 11 is 0. The van der Waals surface area contributed by atoms with Crippen LogP contribution in [0.2, 0.25) is 0 Å². The molecule has 1 fully saturated rings. The Morgan fingerprint density at radius 1 is 1.19 bits per heavy atom. The highest BCUT2D eigenvalue weighted by Gasteiger charge is 2.31. The van der Waals surface area contributed by atoms with Gasteiger partial charge in [-0.15, -0.1) is 0 Å². The van der Waals surface area contributed by atoms with Gasteiger partial charge < -0.3 is 10.2 Å². The van der Waals surface area contributed by atoms with Crippen molar-refractivity contribution in [3.63, 3.8) is 0 Å². The fraction of sp³-hybridized carbons (Fsp3) is 0.524. The van der Waals surface area contributed by atoms with E-state index in [9.17, 15) is 4.79 Å². The van der Waals surface area contributed by atoms with Crippen molar-refractivity contribution in [2.24, 2.45) is 5.92 Å². The van der Waals surface area contributed by atoms with E-state index in [1.54, 1.807) is 0 Å². The first-order valence-corrected chi connectivity index (χ1v) is 9.94. The molecule has 2 heterocycles. The normalized spacial score (nSPS) is 17.5. The van der Waals surface area contributed by atoms with Gasteiger partial charge in [0.25, 0.3) is 5.91 Å². The van der Waals surface area contributed by atoms with E-state index in [-0.39, 0.29) is 5.91 Å². The van der Waals surface area contributed by atoms with Crippen LogP contribution >= 0.6 is 0 Å². The molecule has 1 N–H and O–H groups in total. The standard InChI is InChI=1S/C21H28N4O/c1-2-22-15-16-11-13-24(14-12-16)21(26)20-18-9-6-10-19(18)25(23-20)17-7-4-3-5-8-17/h3-5,7-8,16,22H,2,6,9-15H2,1H3. The quantitative estimate of drug-likeness (QED) is 0.900. The maximum Gasteiger partial charge on any atom is 0.274 e. The van der Waals surface area contributed by atoms with Gasteiger partial charge in [0, 0.05) is 24.3 Å². The predicted octanol–water partition coefficient (Wildman–Crippen LogP) is 2.82. The summed E-state index contributed by atoms with van der Waals surface area (Å²) in [7, 11) is 0. The first-order chi connectivity index (χ1) is 12.8. The van der Waals surface area contributed by atoms with Crippen molar-refractivity contribution in [1.29, 1.82) is 0 Å². The van der Waals surface area contributed by atoms with E-state index < -0.39 is 0 Å². The van der Waals surface area contributed by atoms with Crippen LogP contribution in [0.3, 0.4) is 0 Å². The number of nitrogens with one attached hydrogen (secondary N) is 1. The number of hydrogen-bond acceptors (Lipinski definition) is 3. The number of benzene rings is 1. The average Bonchev–Trinajstić information content (AvgIpc) is 3.29. The Morgan fingerprint density at radius 3 is 2.69 bits per heavy atom. The van der Waals surface area contributed by atoms with Crippen molar-refractivity contribution in [2.45, 2.75) is 39.0 Å². The summed E-state index contributed by atoms with van der Waals surface area (Å²) in [5.74, 6) is 0.811. The Balaban J connectivity index is 1.53. The summed E-state index contributed by atoms with van der Waals surface area (Å²) in [5, 5.41) is 8.19. The van der Waals surface area contributed by atoms with E-state index in [0.29, 0.717) is 11.6 Å². The number of fused-ring (bicyclic) bond motifs is 1. The van der Waals surface area contributed by atoms with Crippen LogP contribution in [0, 0.1) is 5.92 Å². The summed E-state index contributed by atoms with van der Waals surface area (Å²) in [6, 6.07) is 10.2. The lowest BCUT2D eigenvalue weighted by atomic mass is 9.96.